The largest absolute Gasteiger partial charge is 0.342 e. The van der Waals surface area contributed by atoms with E-state index in [4.69, 9.17) is 0 Å². The number of hydrogen-bond acceptors (Lipinski definition) is 8. The molecule has 73 heavy (non-hydrogen) atoms. The van der Waals surface area contributed by atoms with Gasteiger partial charge in [-0.1, -0.05) is 160 Å². The molecule has 0 aliphatic carbocycles. The molecule has 0 N–H and O–H groups in total. The van der Waals surface area contributed by atoms with Gasteiger partial charge in [-0.15, -0.1) is 0 Å². The second-order valence-corrected chi connectivity index (χ2v) is 19.6. The van der Waals surface area contributed by atoms with Crippen LogP contribution in [0.25, 0.3) is 0 Å². The summed E-state index contributed by atoms with van der Waals surface area (Å²) in [7, 11) is 0. The zero-order valence-corrected chi connectivity index (χ0v) is 52.3. The van der Waals surface area contributed by atoms with Crippen LogP contribution in [0.2, 0.25) is 0 Å². The van der Waals surface area contributed by atoms with Crippen molar-refractivity contribution in [1.29, 1.82) is 0 Å². The van der Waals surface area contributed by atoms with E-state index in [1.54, 1.807) is 0 Å². The minimum Gasteiger partial charge on any atom is -0.342 e. The summed E-state index contributed by atoms with van der Waals surface area (Å²) in [6.07, 6.45) is 27.1. The number of nitrogens with zero attached hydrogens (tertiary/aromatic N) is 4. The molecular formula is C60H116N4O8Zr. The minimum absolute atomic E-state index is 0. The third-order valence-electron chi connectivity index (χ3n) is 12.3. The number of carbonyl (C=O) groups is 8. The standard InChI is InChI=1S/4C15H29NO2.Zr/c4*1-4-7-10-14(17)13-15(18)16(11-8-5-2)12-9-6-3;/h4*4-13H2,1-3H3;. The normalized spacial score (nSPS) is 10.2. The Balaban J connectivity index is -0.000000280. The molecule has 0 unspecified atom stereocenters. The van der Waals surface area contributed by atoms with Crippen LogP contribution in [0.3, 0.4) is 0 Å². The van der Waals surface area contributed by atoms with Gasteiger partial charge in [0.15, 0.2) is 0 Å². The summed E-state index contributed by atoms with van der Waals surface area (Å²) in [4.78, 5) is 102. The van der Waals surface area contributed by atoms with Crippen LogP contribution in [0, 0.1) is 0 Å². The Hall–Kier alpha value is -2.56. The molecule has 428 valence electrons. The van der Waals surface area contributed by atoms with Gasteiger partial charge in [0.1, 0.15) is 23.1 Å². The summed E-state index contributed by atoms with van der Waals surface area (Å²) in [6, 6.07) is 0. The van der Waals surface area contributed by atoms with E-state index in [1.807, 2.05) is 19.6 Å². The second kappa shape index (κ2) is 60.3. The first kappa shape index (κ1) is 79.3. The molecule has 0 aliphatic heterocycles. The van der Waals surface area contributed by atoms with E-state index >= 15 is 0 Å². The Morgan fingerprint density at radius 2 is 0.342 bits per heavy atom. The SMILES string of the molecule is CCCCC(=O)CC(=O)N(CCCC)CCCC.CCCCC(=O)CC(=O)N(CCCC)CCCC.CCCCC(=O)CC(=O)N(CCCC)CCCC.CCCCC(=O)CC(=O)N(CCCC)CCCC.[Zr]. The number of unbranched alkanes of at least 4 members (excludes halogenated alkanes) is 12. The summed E-state index contributed by atoms with van der Waals surface area (Å²) in [5, 5.41) is 0. The predicted octanol–water partition coefficient (Wildman–Crippen LogP) is 14.3. The van der Waals surface area contributed by atoms with Crippen molar-refractivity contribution in [3.63, 3.8) is 0 Å². The second-order valence-electron chi connectivity index (χ2n) is 19.6. The minimum atomic E-state index is 0. The Morgan fingerprint density at radius 1 is 0.219 bits per heavy atom. The molecule has 0 fully saturated rings. The average Bonchev–Trinajstić information content (AvgIpc) is 3.36. The van der Waals surface area contributed by atoms with Crippen LogP contribution >= 0.6 is 0 Å². The molecule has 12 nitrogen and oxygen atoms in total. The molecular weight excluding hydrogens is 996 g/mol. The number of hydrogen-bond donors (Lipinski definition) is 0. The van der Waals surface area contributed by atoms with Crippen LogP contribution in [0.4, 0.5) is 0 Å². The van der Waals surface area contributed by atoms with Crippen molar-refractivity contribution >= 4 is 46.8 Å². The summed E-state index contributed by atoms with van der Waals surface area (Å²) in [5.74, 6) is 0.492. The number of rotatable bonds is 44. The first-order valence-electron chi connectivity index (χ1n) is 29.8. The molecule has 0 heterocycles. The Morgan fingerprint density at radius 3 is 0.452 bits per heavy atom. The van der Waals surface area contributed by atoms with E-state index in [0.29, 0.717) is 25.7 Å². The maximum Gasteiger partial charge on any atom is 0.230 e. The zero-order chi connectivity index (χ0) is 55.2. The van der Waals surface area contributed by atoms with Gasteiger partial charge in [0.25, 0.3) is 0 Å². The molecule has 0 radical (unpaired) electrons. The van der Waals surface area contributed by atoms with Gasteiger partial charge in [0.2, 0.25) is 23.6 Å². The van der Waals surface area contributed by atoms with Gasteiger partial charge in [-0.2, -0.15) is 0 Å². The van der Waals surface area contributed by atoms with Crippen LogP contribution < -0.4 is 0 Å². The van der Waals surface area contributed by atoms with Crippen molar-refractivity contribution in [1.82, 2.24) is 19.6 Å². The Labute approximate surface area is 469 Å². The van der Waals surface area contributed by atoms with Crippen molar-refractivity contribution in [2.24, 2.45) is 0 Å². The first-order chi connectivity index (χ1) is 34.6. The molecule has 4 amide bonds. The van der Waals surface area contributed by atoms with Crippen molar-refractivity contribution in [2.45, 2.75) is 289 Å². The average molecular weight is 1110 g/mol. The third kappa shape index (κ3) is 52.7. The predicted molar refractivity (Wildman–Crippen MR) is 302 cm³/mol. The number of ketones is 4. The van der Waals surface area contributed by atoms with Gasteiger partial charge < -0.3 is 19.6 Å². The molecule has 0 atom stereocenters. The van der Waals surface area contributed by atoms with Gasteiger partial charge in [-0.3, -0.25) is 38.4 Å². The van der Waals surface area contributed by atoms with E-state index in [-0.39, 0.29) is 98.6 Å². The summed E-state index contributed by atoms with van der Waals surface area (Å²) >= 11 is 0. The van der Waals surface area contributed by atoms with E-state index in [1.165, 1.54) is 0 Å². The van der Waals surface area contributed by atoms with Crippen LogP contribution in [0.5, 0.6) is 0 Å². The van der Waals surface area contributed by atoms with Gasteiger partial charge in [0.05, 0.1) is 25.7 Å². The van der Waals surface area contributed by atoms with Crippen molar-refractivity contribution in [3.8, 4) is 0 Å². The van der Waals surface area contributed by atoms with E-state index in [0.717, 1.165) is 206 Å². The molecule has 0 bridgehead atoms. The third-order valence-corrected chi connectivity index (χ3v) is 12.3. The number of amides is 4. The van der Waals surface area contributed by atoms with E-state index in [9.17, 15) is 38.4 Å². The molecule has 0 saturated carbocycles. The fraction of sp³-hybridized carbons (Fsp3) is 0.867. The van der Waals surface area contributed by atoms with E-state index < -0.39 is 0 Å². The molecule has 0 spiro atoms. The molecule has 0 aromatic rings. The molecule has 0 aromatic heterocycles. The summed E-state index contributed by atoms with van der Waals surface area (Å²) < 4.78 is 0. The molecule has 0 aromatic carbocycles. The molecule has 0 rings (SSSR count). The maximum atomic E-state index is 12.0. The van der Waals surface area contributed by atoms with Gasteiger partial charge in [-0.25, -0.2) is 0 Å². The molecule has 0 aliphatic rings. The van der Waals surface area contributed by atoms with Crippen LogP contribution in [0.15, 0.2) is 0 Å². The molecule has 0 saturated heterocycles. The van der Waals surface area contributed by atoms with Crippen molar-refractivity contribution in [3.05, 3.63) is 0 Å². The summed E-state index contributed by atoms with van der Waals surface area (Å²) in [5.41, 5.74) is 0. The topological polar surface area (TPSA) is 150 Å². The quantitative estimate of drug-likeness (QED) is 0.0547. The number of Topliss-reactive ketones (excluding diaryl/α,β-unsaturated/α-hetero) is 4. The monoisotopic (exact) mass is 1110 g/mol. The Kier molecular flexibility index (Phi) is 65.5. The van der Waals surface area contributed by atoms with E-state index in [2.05, 4.69) is 83.1 Å². The Bertz CT molecular complexity index is 1130. The fourth-order valence-electron chi connectivity index (χ4n) is 7.21. The zero-order valence-electron chi connectivity index (χ0n) is 49.8. The van der Waals surface area contributed by atoms with Crippen LogP contribution in [0.1, 0.15) is 289 Å². The van der Waals surface area contributed by atoms with Gasteiger partial charge in [0, 0.05) is 104 Å². The van der Waals surface area contributed by atoms with Crippen molar-refractivity contribution < 1.29 is 64.6 Å². The fourth-order valence-corrected chi connectivity index (χ4v) is 7.21. The van der Waals surface area contributed by atoms with Gasteiger partial charge in [-0.05, 0) is 77.0 Å². The maximum absolute atomic E-state index is 12.0. The van der Waals surface area contributed by atoms with Gasteiger partial charge >= 0.3 is 0 Å². The van der Waals surface area contributed by atoms with Crippen LogP contribution in [-0.4, -0.2) is 119 Å². The smallest absolute Gasteiger partial charge is 0.230 e. The molecule has 13 heteroatoms. The number of carbonyl (C=O) groups excluding carboxylic acids is 8. The van der Waals surface area contributed by atoms with Crippen molar-refractivity contribution in [2.75, 3.05) is 52.4 Å². The first-order valence-corrected chi connectivity index (χ1v) is 29.8. The summed E-state index contributed by atoms with van der Waals surface area (Å²) in [6.45, 7) is 31.6. The van der Waals surface area contributed by atoms with Crippen LogP contribution in [-0.2, 0) is 64.6 Å².